The lowest BCUT2D eigenvalue weighted by Gasteiger charge is -2.20. The second-order valence-corrected chi connectivity index (χ2v) is 7.85. The van der Waals surface area contributed by atoms with Gasteiger partial charge >= 0.3 is 6.36 Å². The van der Waals surface area contributed by atoms with Crippen LogP contribution in [0.25, 0.3) is 0 Å². The number of likely N-dealkylation sites (N-methyl/N-ethyl adjacent to an activating group) is 1. The first-order valence-electron chi connectivity index (χ1n) is 9.93. The van der Waals surface area contributed by atoms with Crippen molar-refractivity contribution in [1.29, 1.82) is 0 Å². The van der Waals surface area contributed by atoms with Crippen LogP contribution in [0, 0.1) is 17.6 Å². The SMILES string of the molecule is CC(C)Oc1cc(OC(F)(F)F)cc(C2CN(C)C(=O)C2C(=O)Nc2cccc(F)c2F)c1. The number of rotatable bonds is 6. The van der Waals surface area contributed by atoms with Gasteiger partial charge in [0.2, 0.25) is 11.8 Å². The van der Waals surface area contributed by atoms with E-state index in [0.717, 1.165) is 24.3 Å². The molecule has 0 aliphatic carbocycles. The highest BCUT2D eigenvalue weighted by Gasteiger charge is 2.45. The Labute approximate surface area is 186 Å². The summed E-state index contributed by atoms with van der Waals surface area (Å²) in [6, 6.07) is 6.71. The van der Waals surface area contributed by atoms with Gasteiger partial charge in [-0.05, 0) is 43.7 Å². The van der Waals surface area contributed by atoms with E-state index < -0.39 is 53.1 Å². The molecular formula is C22H21F5N2O4. The Morgan fingerprint density at radius 3 is 2.45 bits per heavy atom. The van der Waals surface area contributed by atoms with Crippen LogP contribution < -0.4 is 14.8 Å². The Bertz CT molecular complexity index is 1060. The van der Waals surface area contributed by atoms with Gasteiger partial charge < -0.3 is 19.7 Å². The predicted molar refractivity (Wildman–Crippen MR) is 108 cm³/mol. The number of alkyl halides is 3. The fraction of sp³-hybridized carbons (Fsp3) is 0.364. The van der Waals surface area contributed by atoms with Gasteiger partial charge in [0.1, 0.15) is 17.4 Å². The molecule has 0 saturated carbocycles. The van der Waals surface area contributed by atoms with E-state index in [1.165, 1.54) is 24.1 Å². The minimum absolute atomic E-state index is 0.000850. The molecule has 1 saturated heterocycles. The smallest absolute Gasteiger partial charge is 0.491 e. The van der Waals surface area contributed by atoms with Gasteiger partial charge in [0.25, 0.3) is 0 Å². The number of ether oxygens (including phenoxy) is 2. The summed E-state index contributed by atoms with van der Waals surface area (Å²) < 4.78 is 75.5. The molecule has 2 aromatic carbocycles. The van der Waals surface area contributed by atoms with Crippen LogP contribution in [0.2, 0.25) is 0 Å². The van der Waals surface area contributed by atoms with Crippen LogP contribution in [0.15, 0.2) is 36.4 Å². The molecule has 2 amide bonds. The molecule has 178 valence electrons. The summed E-state index contributed by atoms with van der Waals surface area (Å²) in [7, 11) is 1.42. The molecule has 11 heteroatoms. The zero-order valence-corrected chi connectivity index (χ0v) is 17.9. The van der Waals surface area contributed by atoms with Crippen molar-refractivity contribution in [2.24, 2.45) is 5.92 Å². The van der Waals surface area contributed by atoms with Crippen molar-refractivity contribution < 1.29 is 41.0 Å². The molecule has 0 spiro atoms. The second kappa shape index (κ2) is 9.24. The van der Waals surface area contributed by atoms with Gasteiger partial charge in [0, 0.05) is 25.6 Å². The number of carbonyl (C=O) groups is 2. The Morgan fingerprint density at radius 2 is 1.82 bits per heavy atom. The molecule has 0 aromatic heterocycles. The molecule has 2 atom stereocenters. The van der Waals surface area contributed by atoms with Crippen LogP contribution in [0.4, 0.5) is 27.6 Å². The molecule has 3 rings (SSSR count). The minimum Gasteiger partial charge on any atom is -0.491 e. The minimum atomic E-state index is -4.97. The number of halogens is 5. The topological polar surface area (TPSA) is 67.9 Å². The molecule has 6 nitrogen and oxygen atoms in total. The van der Waals surface area contributed by atoms with Gasteiger partial charge in [0.05, 0.1) is 11.8 Å². The van der Waals surface area contributed by atoms with Crippen LogP contribution >= 0.6 is 0 Å². The average Bonchev–Trinajstić information content (AvgIpc) is 2.98. The van der Waals surface area contributed by atoms with Crippen LogP contribution in [-0.4, -0.2) is 42.8 Å². The quantitative estimate of drug-likeness (QED) is 0.498. The number of anilines is 1. The largest absolute Gasteiger partial charge is 0.573 e. The Hall–Kier alpha value is -3.37. The molecule has 0 radical (unpaired) electrons. The van der Waals surface area contributed by atoms with Crippen molar-refractivity contribution in [3.63, 3.8) is 0 Å². The second-order valence-electron chi connectivity index (χ2n) is 7.85. The molecule has 33 heavy (non-hydrogen) atoms. The number of carbonyl (C=O) groups excluding carboxylic acids is 2. The van der Waals surface area contributed by atoms with Crippen molar-refractivity contribution in [2.45, 2.75) is 32.2 Å². The summed E-state index contributed by atoms with van der Waals surface area (Å²) in [4.78, 5) is 26.8. The van der Waals surface area contributed by atoms with Gasteiger partial charge in [0.15, 0.2) is 11.6 Å². The number of hydrogen-bond donors (Lipinski definition) is 1. The summed E-state index contributed by atoms with van der Waals surface area (Å²) >= 11 is 0. The third-order valence-corrected chi connectivity index (χ3v) is 4.94. The molecule has 1 aliphatic heterocycles. The fourth-order valence-corrected chi connectivity index (χ4v) is 3.64. The first-order chi connectivity index (χ1) is 15.4. The Kier molecular flexibility index (Phi) is 6.80. The molecule has 0 bridgehead atoms. The maximum absolute atomic E-state index is 14.0. The molecule has 2 aromatic rings. The van der Waals surface area contributed by atoms with Crippen LogP contribution in [0.5, 0.6) is 11.5 Å². The van der Waals surface area contributed by atoms with Crippen LogP contribution in [0.1, 0.15) is 25.3 Å². The third-order valence-electron chi connectivity index (χ3n) is 4.94. The summed E-state index contributed by atoms with van der Waals surface area (Å²) in [5, 5.41) is 2.20. The monoisotopic (exact) mass is 472 g/mol. The number of nitrogens with one attached hydrogen (secondary N) is 1. The number of likely N-dealkylation sites (tertiary alicyclic amines) is 1. The Balaban J connectivity index is 1.98. The van der Waals surface area contributed by atoms with Gasteiger partial charge in [-0.15, -0.1) is 13.2 Å². The van der Waals surface area contributed by atoms with E-state index in [4.69, 9.17) is 4.74 Å². The lowest BCUT2D eigenvalue weighted by atomic mass is 9.87. The van der Waals surface area contributed by atoms with Crippen LogP contribution in [0.3, 0.4) is 0 Å². The standard InChI is InChI=1S/C22H21F5N2O4/c1-11(2)32-13-7-12(8-14(9-13)33-22(25,26)27)15-10-29(3)21(31)18(15)20(30)28-17-6-4-5-16(23)19(17)24/h4-9,11,15,18H,10H2,1-3H3,(H,28,30). The first kappa shape index (κ1) is 24.3. The van der Waals surface area contributed by atoms with Gasteiger partial charge in [-0.25, -0.2) is 8.78 Å². The zero-order chi connectivity index (χ0) is 24.5. The van der Waals surface area contributed by atoms with Crippen molar-refractivity contribution in [3.05, 3.63) is 53.6 Å². The normalized spacial score (nSPS) is 18.6. The van der Waals surface area contributed by atoms with Gasteiger partial charge in [-0.3, -0.25) is 9.59 Å². The number of amides is 2. The molecule has 1 N–H and O–H groups in total. The van der Waals surface area contributed by atoms with E-state index in [1.54, 1.807) is 13.8 Å². The Morgan fingerprint density at radius 1 is 1.15 bits per heavy atom. The van der Waals surface area contributed by atoms with Gasteiger partial charge in [-0.1, -0.05) is 6.07 Å². The van der Waals surface area contributed by atoms with E-state index in [9.17, 15) is 31.5 Å². The van der Waals surface area contributed by atoms with E-state index in [0.29, 0.717) is 0 Å². The summed E-state index contributed by atoms with van der Waals surface area (Å²) in [5.41, 5.74) is -0.274. The highest BCUT2D eigenvalue weighted by Crippen LogP contribution is 2.39. The average molecular weight is 472 g/mol. The number of hydrogen-bond acceptors (Lipinski definition) is 4. The van der Waals surface area contributed by atoms with Gasteiger partial charge in [-0.2, -0.15) is 0 Å². The summed E-state index contributed by atoms with van der Waals surface area (Å²) in [5.74, 6) is -6.85. The van der Waals surface area contributed by atoms with E-state index >= 15 is 0 Å². The molecular weight excluding hydrogens is 451 g/mol. The number of benzene rings is 2. The molecule has 1 aliphatic rings. The van der Waals surface area contributed by atoms with Crippen molar-refractivity contribution >= 4 is 17.5 Å². The molecule has 1 fully saturated rings. The van der Waals surface area contributed by atoms with Crippen molar-refractivity contribution in [2.75, 3.05) is 18.9 Å². The summed E-state index contributed by atoms with van der Waals surface area (Å²) in [6.45, 7) is 3.35. The van der Waals surface area contributed by atoms with Crippen LogP contribution in [-0.2, 0) is 9.59 Å². The lowest BCUT2D eigenvalue weighted by Crippen LogP contribution is -2.33. The van der Waals surface area contributed by atoms with E-state index in [2.05, 4.69) is 10.1 Å². The molecule has 1 heterocycles. The zero-order valence-electron chi connectivity index (χ0n) is 17.9. The highest BCUT2D eigenvalue weighted by atomic mass is 19.4. The summed E-state index contributed by atoms with van der Waals surface area (Å²) in [6.07, 6.45) is -5.34. The third kappa shape index (κ3) is 5.71. The predicted octanol–water partition coefficient (Wildman–Crippen LogP) is 4.46. The van der Waals surface area contributed by atoms with Crippen molar-refractivity contribution in [3.8, 4) is 11.5 Å². The first-order valence-corrected chi connectivity index (χ1v) is 9.93. The maximum Gasteiger partial charge on any atom is 0.573 e. The highest BCUT2D eigenvalue weighted by molar-refractivity contribution is 6.08. The van der Waals surface area contributed by atoms with E-state index in [1.807, 2.05) is 0 Å². The lowest BCUT2D eigenvalue weighted by molar-refractivity contribution is -0.274. The van der Waals surface area contributed by atoms with E-state index in [-0.39, 0.29) is 24.0 Å². The van der Waals surface area contributed by atoms with Crippen molar-refractivity contribution in [1.82, 2.24) is 4.90 Å². The maximum atomic E-state index is 14.0. The molecule has 2 unspecified atom stereocenters. The number of nitrogens with zero attached hydrogens (tertiary/aromatic N) is 1. The fourth-order valence-electron chi connectivity index (χ4n) is 3.64.